The highest BCUT2D eigenvalue weighted by atomic mass is 35.5. The van der Waals surface area contributed by atoms with Crippen molar-refractivity contribution in [2.45, 2.75) is 0 Å². The molecule has 0 aliphatic carbocycles. The summed E-state index contributed by atoms with van der Waals surface area (Å²) in [5.74, 6) is -0.545. The predicted molar refractivity (Wildman–Crippen MR) is 67.1 cm³/mol. The van der Waals surface area contributed by atoms with Crippen LogP contribution in [0.3, 0.4) is 0 Å². The van der Waals surface area contributed by atoms with E-state index in [0.29, 0.717) is 5.02 Å². The van der Waals surface area contributed by atoms with Gasteiger partial charge in [-0.05, 0) is 24.3 Å². The lowest BCUT2D eigenvalue weighted by Crippen LogP contribution is -1.96. The van der Waals surface area contributed by atoms with Gasteiger partial charge >= 0.3 is 0 Å². The Kier molecular flexibility index (Phi) is 3.35. The zero-order valence-electron chi connectivity index (χ0n) is 9.15. The van der Waals surface area contributed by atoms with Crippen molar-refractivity contribution < 1.29 is 9.13 Å². The standard InChI is InChI=1S/C13H8ClFN2O/c14-9-5-4-8(7-16)12(6-9)18-13-10(15)2-1-3-11(13)17/h1-6H,17H2. The Morgan fingerprint density at radius 3 is 2.72 bits per heavy atom. The van der Waals surface area contributed by atoms with Crippen LogP contribution in [0.2, 0.25) is 5.02 Å². The number of nitrogen functional groups attached to an aromatic ring is 1. The molecule has 2 N–H and O–H groups in total. The first-order chi connectivity index (χ1) is 8.61. The van der Waals surface area contributed by atoms with Gasteiger partial charge in [0.1, 0.15) is 11.8 Å². The summed E-state index contributed by atoms with van der Waals surface area (Å²) in [5.41, 5.74) is 6.02. The van der Waals surface area contributed by atoms with E-state index in [4.69, 9.17) is 27.3 Å². The SMILES string of the molecule is N#Cc1ccc(Cl)cc1Oc1c(N)cccc1F. The highest BCUT2D eigenvalue weighted by molar-refractivity contribution is 6.30. The number of para-hydroxylation sites is 1. The molecule has 3 nitrogen and oxygen atoms in total. The molecule has 2 aromatic rings. The van der Waals surface area contributed by atoms with Crippen LogP contribution >= 0.6 is 11.6 Å². The first-order valence-electron chi connectivity index (χ1n) is 5.03. The smallest absolute Gasteiger partial charge is 0.185 e. The van der Waals surface area contributed by atoms with Crippen LogP contribution in [-0.4, -0.2) is 0 Å². The van der Waals surface area contributed by atoms with Gasteiger partial charge in [-0.25, -0.2) is 4.39 Å². The Morgan fingerprint density at radius 1 is 1.28 bits per heavy atom. The van der Waals surface area contributed by atoms with Crippen molar-refractivity contribution in [3.63, 3.8) is 0 Å². The van der Waals surface area contributed by atoms with E-state index in [2.05, 4.69) is 0 Å². The van der Waals surface area contributed by atoms with Crippen LogP contribution in [0.5, 0.6) is 11.5 Å². The fraction of sp³-hybridized carbons (Fsp3) is 0. The predicted octanol–water partition coefficient (Wildman–Crippen LogP) is 3.73. The summed E-state index contributed by atoms with van der Waals surface area (Å²) < 4.78 is 18.9. The molecule has 0 saturated heterocycles. The number of nitriles is 1. The molecule has 0 atom stereocenters. The zero-order valence-corrected chi connectivity index (χ0v) is 9.91. The number of halogens is 2. The monoisotopic (exact) mass is 262 g/mol. The molecule has 0 amide bonds. The van der Waals surface area contributed by atoms with Crippen molar-refractivity contribution in [3.8, 4) is 17.6 Å². The molecule has 0 heterocycles. The Hall–Kier alpha value is -2.25. The molecule has 2 rings (SSSR count). The zero-order chi connectivity index (χ0) is 13.1. The van der Waals surface area contributed by atoms with Crippen molar-refractivity contribution >= 4 is 17.3 Å². The Bertz CT molecular complexity index is 617. The molecule has 0 aromatic heterocycles. The first kappa shape index (κ1) is 12.2. The van der Waals surface area contributed by atoms with E-state index in [9.17, 15) is 4.39 Å². The quantitative estimate of drug-likeness (QED) is 0.839. The molecular weight excluding hydrogens is 255 g/mol. The van der Waals surface area contributed by atoms with E-state index >= 15 is 0 Å². The van der Waals surface area contributed by atoms with Crippen LogP contribution in [0.4, 0.5) is 10.1 Å². The van der Waals surface area contributed by atoms with Gasteiger partial charge in [-0.3, -0.25) is 0 Å². The van der Waals surface area contributed by atoms with Crippen molar-refractivity contribution in [2.24, 2.45) is 0 Å². The lowest BCUT2D eigenvalue weighted by molar-refractivity contribution is 0.443. The molecule has 90 valence electrons. The molecule has 5 heteroatoms. The van der Waals surface area contributed by atoms with Crippen LogP contribution < -0.4 is 10.5 Å². The third kappa shape index (κ3) is 2.36. The highest BCUT2D eigenvalue weighted by Gasteiger charge is 2.12. The van der Waals surface area contributed by atoms with Gasteiger partial charge in [-0.1, -0.05) is 17.7 Å². The van der Waals surface area contributed by atoms with Gasteiger partial charge in [0.25, 0.3) is 0 Å². The second-order valence-electron chi connectivity index (χ2n) is 3.51. The van der Waals surface area contributed by atoms with Crippen LogP contribution in [0, 0.1) is 17.1 Å². The number of benzene rings is 2. The minimum absolute atomic E-state index is 0.115. The summed E-state index contributed by atoms with van der Waals surface area (Å²) in [6.07, 6.45) is 0. The van der Waals surface area contributed by atoms with E-state index < -0.39 is 5.82 Å². The van der Waals surface area contributed by atoms with Crippen LogP contribution in [0.1, 0.15) is 5.56 Å². The molecule has 0 spiro atoms. The van der Waals surface area contributed by atoms with Gasteiger partial charge in [0, 0.05) is 11.1 Å². The minimum Gasteiger partial charge on any atom is -0.451 e. The molecule has 0 radical (unpaired) electrons. The van der Waals surface area contributed by atoms with Crippen molar-refractivity contribution in [1.82, 2.24) is 0 Å². The molecule has 0 bridgehead atoms. The maximum atomic E-state index is 13.6. The third-order valence-corrected chi connectivity index (χ3v) is 2.51. The van der Waals surface area contributed by atoms with Crippen LogP contribution in [0.25, 0.3) is 0 Å². The summed E-state index contributed by atoms with van der Waals surface area (Å²) in [4.78, 5) is 0. The summed E-state index contributed by atoms with van der Waals surface area (Å²) in [5, 5.41) is 9.32. The topological polar surface area (TPSA) is 59.0 Å². The number of nitrogens with zero attached hydrogens (tertiary/aromatic N) is 1. The second-order valence-corrected chi connectivity index (χ2v) is 3.95. The second kappa shape index (κ2) is 4.94. The number of hydrogen-bond acceptors (Lipinski definition) is 3. The molecule has 0 aliphatic heterocycles. The summed E-state index contributed by atoms with van der Waals surface area (Å²) in [6.45, 7) is 0. The Morgan fingerprint density at radius 2 is 2.06 bits per heavy atom. The number of anilines is 1. The number of nitrogens with two attached hydrogens (primary N) is 1. The molecule has 0 aliphatic rings. The fourth-order valence-corrected chi connectivity index (χ4v) is 1.58. The molecule has 0 unspecified atom stereocenters. The van der Waals surface area contributed by atoms with Gasteiger partial charge in [0.2, 0.25) is 0 Å². The van der Waals surface area contributed by atoms with Crippen molar-refractivity contribution in [2.75, 3.05) is 5.73 Å². The van der Waals surface area contributed by atoms with Crippen LogP contribution in [-0.2, 0) is 0 Å². The summed E-state index contributed by atoms with van der Waals surface area (Å²) >= 11 is 5.81. The molecule has 0 fully saturated rings. The van der Waals surface area contributed by atoms with Crippen molar-refractivity contribution in [3.05, 3.63) is 52.8 Å². The number of ether oxygens (including phenoxy) is 1. The first-order valence-corrected chi connectivity index (χ1v) is 5.41. The highest BCUT2D eigenvalue weighted by Crippen LogP contribution is 2.33. The number of hydrogen-bond donors (Lipinski definition) is 1. The van der Waals surface area contributed by atoms with Crippen LogP contribution in [0.15, 0.2) is 36.4 Å². The van der Waals surface area contributed by atoms with E-state index in [1.54, 1.807) is 6.07 Å². The van der Waals surface area contributed by atoms with E-state index in [0.717, 1.165) is 0 Å². The average Bonchev–Trinajstić information content (AvgIpc) is 2.34. The normalized spacial score (nSPS) is 9.83. The lowest BCUT2D eigenvalue weighted by Gasteiger charge is -2.10. The van der Waals surface area contributed by atoms with Gasteiger partial charge in [-0.2, -0.15) is 5.26 Å². The summed E-state index contributed by atoms with van der Waals surface area (Å²) in [7, 11) is 0. The van der Waals surface area contributed by atoms with Gasteiger partial charge in [0.05, 0.1) is 11.3 Å². The fourth-order valence-electron chi connectivity index (χ4n) is 1.42. The van der Waals surface area contributed by atoms with Gasteiger partial charge < -0.3 is 10.5 Å². The summed E-state index contributed by atoms with van der Waals surface area (Å²) in [6, 6.07) is 10.6. The minimum atomic E-state index is -0.598. The Labute approximate surface area is 108 Å². The molecule has 2 aromatic carbocycles. The largest absolute Gasteiger partial charge is 0.451 e. The molecular formula is C13H8ClFN2O. The van der Waals surface area contributed by atoms with E-state index in [1.807, 2.05) is 6.07 Å². The van der Waals surface area contributed by atoms with E-state index in [-0.39, 0.29) is 22.7 Å². The van der Waals surface area contributed by atoms with Gasteiger partial charge in [-0.15, -0.1) is 0 Å². The van der Waals surface area contributed by atoms with Crippen molar-refractivity contribution in [1.29, 1.82) is 5.26 Å². The average molecular weight is 263 g/mol. The lowest BCUT2D eigenvalue weighted by atomic mass is 10.2. The maximum absolute atomic E-state index is 13.6. The van der Waals surface area contributed by atoms with Gasteiger partial charge in [0.15, 0.2) is 11.6 Å². The van der Waals surface area contributed by atoms with E-state index in [1.165, 1.54) is 30.3 Å². The Balaban J connectivity index is 2.46. The maximum Gasteiger partial charge on any atom is 0.185 e. The number of rotatable bonds is 2. The molecule has 18 heavy (non-hydrogen) atoms. The molecule has 0 saturated carbocycles. The third-order valence-electron chi connectivity index (χ3n) is 2.27.